The summed E-state index contributed by atoms with van der Waals surface area (Å²) in [6.07, 6.45) is -0.385. The van der Waals surface area contributed by atoms with Crippen molar-refractivity contribution in [1.29, 1.82) is 0 Å². The largest absolute Gasteiger partial charge is 0.435 e. The number of ether oxygens (including phenoxy) is 1. The van der Waals surface area contributed by atoms with Gasteiger partial charge in [-0.15, -0.1) is 11.3 Å². The summed E-state index contributed by atoms with van der Waals surface area (Å²) >= 11 is 4.66. The van der Waals surface area contributed by atoms with Gasteiger partial charge in [0.1, 0.15) is 5.75 Å². The molecule has 1 aliphatic rings. The number of halogens is 3. The van der Waals surface area contributed by atoms with Crippen LogP contribution in [-0.4, -0.2) is 29.3 Å². The van der Waals surface area contributed by atoms with E-state index in [1.807, 2.05) is 24.3 Å². The van der Waals surface area contributed by atoms with E-state index in [9.17, 15) is 13.6 Å². The number of hydrogen-bond acceptors (Lipinski definition) is 6. The van der Waals surface area contributed by atoms with E-state index in [4.69, 9.17) is 4.84 Å². The Balaban J connectivity index is 1.36. The summed E-state index contributed by atoms with van der Waals surface area (Å²) in [6, 6.07) is 13.7. The molecule has 1 N–H and O–H groups in total. The highest BCUT2D eigenvalue weighted by molar-refractivity contribution is 9.10. The summed E-state index contributed by atoms with van der Waals surface area (Å²) in [5.74, 6) is -0.275. The van der Waals surface area contributed by atoms with Crippen LogP contribution in [0, 0.1) is 0 Å². The van der Waals surface area contributed by atoms with Gasteiger partial charge in [0, 0.05) is 27.4 Å². The second kappa shape index (κ2) is 8.88. The summed E-state index contributed by atoms with van der Waals surface area (Å²) in [6.45, 7) is -2.87. The molecular formula is C20H14BrF2N3O3S. The van der Waals surface area contributed by atoms with Crippen molar-refractivity contribution in [3.8, 4) is 17.0 Å². The van der Waals surface area contributed by atoms with Crippen LogP contribution in [0.3, 0.4) is 0 Å². The number of aromatic nitrogens is 1. The normalized spacial score (nSPS) is 15.6. The number of carbonyl (C=O) groups excluding carboxylic acids is 1. The number of alkyl halides is 2. The van der Waals surface area contributed by atoms with Crippen molar-refractivity contribution in [3.63, 3.8) is 0 Å². The van der Waals surface area contributed by atoms with Gasteiger partial charge in [-0.1, -0.05) is 33.2 Å². The third-order valence-corrected chi connectivity index (χ3v) is 5.48. The predicted octanol–water partition coefficient (Wildman–Crippen LogP) is 5.31. The number of nitrogens with one attached hydrogen (secondary N) is 1. The number of hydrogen-bond donors (Lipinski definition) is 1. The quantitative estimate of drug-likeness (QED) is 0.505. The van der Waals surface area contributed by atoms with Crippen molar-refractivity contribution >= 4 is 44.0 Å². The van der Waals surface area contributed by atoms with Gasteiger partial charge in [0.15, 0.2) is 5.13 Å². The van der Waals surface area contributed by atoms with Crippen LogP contribution >= 0.6 is 27.3 Å². The number of anilines is 1. The van der Waals surface area contributed by atoms with Crippen molar-refractivity contribution in [3.05, 3.63) is 63.9 Å². The molecule has 4 rings (SSSR count). The zero-order valence-electron chi connectivity index (χ0n) is 15.2. The van der Waals surface area contributed by atoms with Crippen molar-refractivity contribution in [2.45, 2.75) is 19.1 Å². The molecule has 6 nitrogen and oxygen atoms in total. The third kappa shape index (κ3) is 4.82. The topological polar surface area (TPSA) is 72.8 Å². The number of thiazole rings is 1. The van der Waals surface area contributed by atoms with Crippen LogP contribution in [0.15, 0.2) is 63.5 Å². The van der Waals surface area contributed by atoms with Crippen LogP contribution in [0.2, 0.25) is 0 Å². The van der Waals surface area contributed by atoms with Gasteiger partial charge in [-0.25, -0.2) is 4.98 Å². The molecule has 0 radical (unpaired) electrons. The number of oxime groups is 1. The number of carbonyl (C=O) groups is 1. The van der Waals surface area contributed by atoms with Gasteiger partial charge in [-0.05, 0) is 36.4 Å². The van der Waals surface area contributed by atoms with Crippen molar-refractivity contribution < 1.29 is 23.1 Å². The molecule has 1 atom stereocenters. The summed E-state index contributed by atoms with van der Waals surface area (Å²) in [7, 11) is 0. The van der Waals surface area contributed by atoms with Gasteiger partial charge in [-0.3, -0.25) is 10.1 Å². The fraction of sp³-hybridized carbons (Fsp3) is 0.150. The molecule has 1 amide bonds. The fourth-order valence-electron chi connectivity index (χ4n) is 2.81. The molecule has 0 fully saturated rings. The number of nitrogens with zero attached hydrogens (tertiary/aromatic N) is 2. The monoisotopic (exact) mass is 493 g/mol. The fourth-order valence-corrected chi connectivity index (χ4v) is 3.94. The van der Waals surface area contributed by atoms with E-state index < -0.39 is 12.7 Å². The molecule has 3 aromatic rings. The molecule has 2 heterocycles. The number of benzene rings is 2. The van der Waals surface area contributed by atoms with E-state index in [-0.39, 0.29) is 11.7 Å². The average Bonchev–Trinajstić information content (AvgIpc) is 3.38. The SMILES string of the molecule is O=C(Nc1nc(-c2ccc(OC(F)F)cc2)cs1)C1CC(c2cccc(Br)c2)=NO1. The summed E-state index contributed by atoms with van der Waals surface area (Å²) in [4.78, 5) is 22.2. The Morgan fingerprint density at radius 2 is 2.03 bits per heavy atom. The highest BCUT2D eigenvalue weighted by Crippen LogP contribution is 2.28. The smallest absolute Gasteiger partial charge is 0.387 e. The van der Waals surface area contributed by atoms with Gasteiger partial charge < -0.3 is 9.57 Å². The number of rotatable bonds is 6. The lowest BCUT2D eigenvalue weighted by Crippen LogP contribution is -2.28. The Bertz CT molecular complexity index is 1090. The lowest BCUT2D eigenvalue weighted by Gasteiger charge is -2.07. The molecule has 0 saturated carbocycles. The van der Waals surface area contributed by atoms with E-state index in [1.165, 1.54) is 23.5 Å². The Morgan fingerprint density at radius 3 is 2.77 bits per heavy atom. The molecule has 154 valence electrons. The summed E-state index contributed by atoms with van der Waals surface area (Å²) < 4.78 is 29.7. The Labute approximate surface area is 182 Å². The maximum absolute atomic E-state index is 12.5. The van der Waals surface area contributed by atoms with Crippen molar-refractivity contribution in [2.75, 3.05) is 5.32 Å². The molecule has 0 aliphatic carbocycles. The van der Waals surface area contributed by atoms with Gasteiger partial charge in [0.2, 0.25) is 6.10 Å². The van der Waals surface area contributed by atoms with E-state index >= 15 is 0 Å². The molecular weight excluding hydrogens is 480 g/mol. The highest BCUT2D eigenvalue weighted by Gasteiger charge is 2.29. The summed E-state index contributed by atoms with van der Waals surface area (Å²) in [5, 5.41) is 8.92. The average molecular weight is 494 g/mol. The maximum Gasteiger partial charge on any atom is 0.387 e. The zero-order chi connectivity index (χ0) is 21.1. The van der Waals surface area contributed by atoms with Crippen LogP contribution in [-0.2, 0) is 9.63 Å². The van der Waals surface area contributed by atoms with E-state index in [0.717, 1.165) is 10.0 Å². The second-order valence-electron chi connectivity index (χ2n) is 6.28. The minimum Gasteiger partial charge on any atom is -0.435 e. The zero-order valence-corrected chi connectivity index (χ0v) is 17.6. The van der Waals surface area contributed by atoms with Crippen LogP contribution in [0.5, 0.6) is 5.75 Å². The van der Waals surface area contributed by atoms with Gasteiger partial charge in [0.05, 0.1) is 11.4 Å². The van der Waals surface area contributed by atoms with Crippen LogP contribution in [0.25, 0.3) is 11.3 Å². The highest BCUT2D eigenvalue weighted by atomic mass is 79.9. The molecule has 1 aromatic heterocycles. The van der Waals surface area contributed by atoms with Crippen LogP contribution in [0.4, 0.5) is 13.9 Å². The standard InChI is InChI=1S/C20H14BrF2N3O3S/c21-13-3-1-2-12(8-13)15-9-17(29-26-15)18(27)25-20-24-16(10-30-20)11-4-6-14(7-5-11)28-19(22)23/h1-8,10,17,19H,9H2,(H,24,25,27). The van der Waals surface area contributed by atoms with Gasteiger partial charge in [-0.2, -0.15) is 8.78 Å². The first-order valence-corrected chi connectivity index (χ1v) is 10.5. The van der Waals surface area contributed by atoms with Gasteiger partial charge in [0.25, 0.3) is 5.91 Å². The Hall–Kier alpha value is -2.85. The van der Waals surface area contributed by atoms with Gasteiger partial charge >= 0.3 is 6.61 Å². The second-order valence-corrected chi connectivity index (χ2v) is 8.05. The molecule has 0 bridgehead atoms. The molecule has 1 unspecified atom stereocenters. The first kappa shape index (κ1) is 20.4. The first-order valence-electron chi connectivity index (χ1n) is 8.78. The first-order chi connectivity index (χ1) is 14.5. The molecule has 1 aliphatic heterocycles. The minimum atomic E-state index is -2.87. The minimum absolute atomic E-state index is 0.0668. The van der Waals surface area contributed by atoms with Crippen LogP contribution < -0.4 is 10.1 Å². The van der Waals surface area contributed by atoms with Crippen molar-refractivity contribution in [1.82, 2.24) is 4.98 Å². The molecule has 2 aromatic carbocycles. The van der Waals surface area contributed by atoms with E-state index in [0.29, 0.717) is 28.5 Å². The summed E-state index contributed by atoms with van der Waals surface area (Å²) in [5.41, 5.74) is 2.90. The molecule has 10 heteroatoms. The third-order valence-electron chi connectivity index (χ3n) is 4.23. The lowest BCUT2D eigenvalue weighted by molar-refractivity contribution is -0.125. The maximum atomic E-state index is 12.5. The predicted molar refractivity (Wildman–Crippen MR) is 113 cm³/mol. The van der Waals surface area contributed by atoms with Crippen molar-refractivity contribution in [2.24, 2.45) is 5.16 Å². The molecule has 0 spiro atoms. The van der Waals surface area contributed by atoms with E-state index in [2.05, 4.69) is 36.1 Å². The molecule has 0 saturated heterocycles. The number of amides is 1. The molecule has 30 heavy (non-hydrogen) atoms. The Morgan fingerprint density at radius 1 is 1.23 bits per heavy atom. The Kier molecular flexibility index (Phi) is 6.05. The van der Waals surface area contributed by atoms with Crippen LogP contribution in [0.1, 0.15) is 12.0 Å². The lowest BCUT2D eigenvalue weighted by atomic mass is 10.1. The van der Waals surface area contributed by atoms with E-state index in [1.54, 1.807) is 17.5 Å².